The molecule has 7 nitrogen and oxygen atoms in total. The molecule has 3 atom stereocenters. The number of likely N-dealkylation sites (N-methyl/N-ethyl adjacent to an activating group) is 1. The van der Waals surface area contributed by atoms with Gasteiger partial charge in [0.1, 0.15) is 10.4 Å². The lowest BCUT2D eigenvalue weighted by Gasteiger charge is -2.21. The molecule has 12 heteroatoms. The first kappa shape index (κ1) is 30.4. The van der Waals surface area contributed by atoms with Gasteiger partial charge in [0, 0.05) is 47.2 Å². The van der Waals surface area contributed by atoms with Gasteiger partial charge in [0.2, 0.25) is 5.91 Å². The molecule has 0 aliphatic heterocycles. The molecule has 0 bridgehead atoms. The third-order valence-corrected chi connectivity index (χ3v) is 8.31. The minimum atomic E-state index is -1.35. The number of alkyl halides is 2. The number of methoxy groups -OCH3 is 1. The molecule has 2 N–H and O–H groups in total. The highest BCUT2D eigenvalue weighted by Crippen LogP contribution is 2.65. The Morgan fingerprint density at radius 2 is 1.50 bits per heavy atom. The summed E-state index contributed by atoms with van der Waals surface area (Å²) in [4.78, 5) is 39.9. The Balaban J connectivity index is 1.44. The predicted molar refractivity (Wildman–Crippen MR) is 161 cm³/mol. The molecule has 0 radical (unpaired) electrons. The van der Waals surface area contributed by atoms with E-state index in [1.165, 1.54) is 24.1 Å². The zero-order valence-corrected chi connectivity index (χ0v) is 25.3. The minimum absolute atomic E-state index is 0.140. The summed E-state index contributed by atoms with van der Waals surface area (Å²) in [6, 6.07) is 16.1. The summed E-state index contributed by atoms with van der Waals surface area (Å²) < 4.78 is 3.73. The quantitative estimate of drug-likeness (QED) is 0.250. The lowest BCUT2D eigenvalue weighted by Crippen LogP contribution is -2.35. The number of hydrogen-bond acceptors (Lipinski definition) is 4. The first-order valence-corrected chi connectivity index (χ1v) is 13.9. The highest BCUT2D eigenvalue weighted by Gasteiger charge is 2.67. The molecule has 4 rings (SSSR count). The number of rotatable bonds is 8. The van der Waals surface area contributed by atoms with Gasteiger partial charge in [-0.25, -0.2) is 0 Å². The van der Waals surface area contributed by atoms with Crippen molar-refractivity contribution in [2.45, 2.75) is 23.3 Å². The monoisotopic (exact) mass is 641 g/mol. The van der Waals surface area contributed by atoms with Gasteiger partial charge >= 0.3 is 0 Å². The second-order valence-corrected chi connectivity index (χ2v) is 12.0. The van der Waals surface area contributed by atoms with Crippen LogP contribution in [-0.4, -0.2) is 42.3 Å². The average Bonchev–Trinajstić information content (AvgIpc) is 3.50. The molecule has 0 saturated heterocycles. The van der Waals surface area contributed by atoms with Crippen LogP contribution in [0.2, 0.25) is 15.1 Å². The predicted octanol–water partition coefficient (Wildman–Crippen LogP) is 7.42. The van der Waals surface area contributed by atoms with Crippen molar-refractivity contribution in [3.63, 3.8) is 0 Å². The van der Waals surface area contributed by atoms with Gasteiger partial charge in [-0.15, -0.1) is 23.2 Å². The smallest absolute Gasteiger partial charge is 0.257 e. The number of amides is 3. The maximum absolute atomic E-state index is 13.1. The molecule has 1 unspecified atom stereocenters. The maximum Gasteiger partial charge on any atom is 0.257 e. The molecule has 0 spiro atoms. The number of halogens is 5. The molecule has 3 aromatic rings. The molecular formula is C28H24Cl5N3O4. The van der Waals surface area contributed by atoms with Crippen LogP contribution in [0.4, 0.5) is 17.1 Å². The fourth-order valence-corrected chi connectivity index (χ4v) is 5.86. The van der Waals surface area contributed by atoms with Crippen LogP contribution in [0.3, 0.4) is 0 Å². The molecule has 0 aromatic heterocycles. The highest BCUT2D eigenvalue weighted by atomic mass is 35.5. The zero-order chi connectivity index (χ0) is 29.4. The van der Waals surface area contributed by atoms with Gasteiger partial charge in [-0.1, -0.05) is 34.8 Å². The van der Waals surface area contributed by atoms with E-state index in [0.717, 1.165) is 0 Å². The Kier molecular flexibility index (Phi) is 9.25. The van der Waals surface area contributed by atoms with Gasteiger partial charge in [0.05, 0.1) is 16.5 Å². The van der Waals surface area contributed by atoms with Gasteiger partial charge in [-0.2, -0.15) is 0 Å². The minimum Gasteiger partial charge on any atom is -0.372 e. The van der Waals surface area contributed by atoms with E-state index in [-0.39, 0.29) is 16.5 Å². The summed E-state index contributed by atoms with van der Waals surface area (Å²) in [5.41, 5.74) is 2.23. The lowest BCUT2D eigenvalue weighted by molar-refractivity contribution is -0.127. The second-order valence-electron chi connectivity index (χ2n) is 9.29. The SMILES string of the molecule is COC(C)C(=O)N(C)c1ccc(NC(=O)c2cc(NC(=O)[C@H]3[C@H](c4cc(Cl)cc(Cl)c4)C3(Cl)Cl)ccc2Cl)cc1. The Morgan fingerprint density at radius 1 is 0.900 bits per heavy atom. The zero-order valence-electron chi connectivity index (χ0n) is 21.5. The van der Waals surface area contributed by atoms with Gasteiger partial charge in [-0.3, -0.25) is 14.4 Å². The van der Waals surface area contributed by atoms with Crippen LogP contribution in [0.15, 0.2) is 60.7 Å². The van der Waals surface area contributed by atoms with E-state index in [4.69, 9.17) is 62.7 Å². The van der Waals surface area contributed by atoms with Crippen molar-refractivity contribution in [3.05, 3.63) is 86.9 Å². The van der Waals surface area contributed by atoms with Gasteiger partial charge in [0.15, 0.2) is 0 Å². The first-order chi connectivity index (χ1) is 18.8. The molecule has 1 aliphatic carbocycles. The molecule has 3 aromatic carbocycles. The molecule has 1 saturated carbocycles. The number of nitrogens with zero attached hydrogens (tertiary/aromatic N) is 1. The first-order valence-electron chi connectivity index (χ1n) is 12.0. The van der Waals surface area contributed by atoms with Crippen molar-refractivity contribution in [1.29, 1.82) is 0 Å². The van der Waals surface area contributed by atoms with E-state index >= 15 is 0 Å². The Labute approximate surface area is 256 Å². The molecule has 40 heavy (non-hydrogen) atoms. The van der Waals surface area contributed by atoms with Gasteiger partial charge in [-0.05, 0) is 73.2 Å². The largest absolute Gasteiger partial charge is 0.372 e. The van der Waals surface area contributed by atoms with Crippen LogP contribution in [0.1, 0.15) is 28.8 Å². The van der Waals surface area contributed by atoms with E-state index in [1.807, 2.05) is 0 Å². The van der Waals surface area contributed by atoms with E-state index in [0.29, 0.717) is 32.7 Å². The van der Waals surface area contributed by atoms with Crippen molar-refractivity contribution < 1.29 is 19.1 Å². The number of hydrogen-bond donors (Lipinski definition) is 2. The molecule has 1 aliphatic rings. The van der Waals surface area contributed by atoms with Crippen LogP contribution in [-0.2, 0) is 14.3 Å². The summed E-state index contributed by atoms with van der Waals surface area (Å²) in [5, 5.41) is 6.52. The lowest BCUT2D eigenvalue weighted by atomic mass is 10.1. The molecular weight excluding hydrogens is 620 g/mol. The van der Waals surface area contributed by atoms with E-state index < -0.39 is 34.1 Å². The summed E-state index contributed by atoms with van der Waals surface area (Å²) in [7, 11) is 3.10. The van der Waals surface area contributed by atoms with Crippen molar-refractivity contribution in [2.75, 3.05) is 29.7 Å². The molecule has 210 valence electrons. The summed E-state index contributed by atoms with van der Waals surface area (Å²) in [6.07, 6.45) is -0.592. The topological polar surface area (TPSA) is 87.7 Å². The van der Waals surface area contributed by atoms with E-state index in [1.54, 1.807) is 62.5 Å². The fraction of sp³-hybridized carbons (Fsp3) is 0.250. The standard InChI is InChI=1S/C28H24Cl5N3O4/c1-14(40-3)27(39)36(2)20-7-4-18(5-8-20)34-25(37)21-13-19(6-9-22(21)31)35-26(38)24-23(28(24,32)33)15-10-16(29)12-17(30)11-15/h4-14,23-24H,1-3H3,(H,34,37)(H,35,38)/t14?,23-,24+/m0/s1. The second kappa shape index (κ2) is 12.1. The van der Waals surface area contributed by atoms with Crippen LogP contribution >= 0.6 is 58.0 Å². The van der Waals surface area contributed by atoms with Crippen LogP contribution in [0.5, 0.6) is 0 Å². The number of ether oxygens (including phenoxy) is 1. The van der Waals surface area contributed by atoms with Gasteiger partial charge < -0.3 is 20.3 Å². The Morgan fingerprint density at radius 3 is 2.10 bits per heavy atom. The van der Waals surface area contributed by atoms with Crippen molar-refractivity contribution in [1.82, 2.24) is 0 Å². The fourth-order valence-electron chi connectivity index (χ4n) is 4.29. The van der Waals surface area contributed by atoms with Crippen LogP contribution in [0.25, 0.3) is 0 Å². The van der Waals surface area contributed by atoms with E-state index in [9.17, 15) is 14.4 Å². The number of benzene rings is 3. The number of nitrogens with one attached hydrogen (secondary N) is 2. The molecule has 1 fully saturated rings. The number of carbonyl (C=O) groups is 3. The van der Waals surface area contributed by atoms with Crippen molar-refractivity contribution in [2.24, 2.45) is 5.92 Å². The van der Waals surface area contributed by atoms with Crippen molar-refractivity contribution >= 4 is 92.8 Å². The highest BCUT2D eigenvalue weighted by molar-refractivity contribution is 6.53. The maximum atomic E-state index is 13.1. The van der Waals surface area contributed by atoms with Crippen LogP contribution in [0, 0.1) is 5.92 Å². The number of anilines is 3. The molecule has 0 heterocycles. The molecule has 3 amide bonds. The number of carbonyl (C=O) groups excluding carboxylic acids is 3. The third kappa shape index (κ3) is 6.51. The van der Waals surface area contributed by atoms with Crippen LogP contribution < -0.4 is 15.5 Å². The average molecular weight is 644 g/mol. The third-order valence-electron chi connectivity index (χ3n) is 6.60. The Bertz CT molecular complexity index is 1440. The summed E-state index contributed by atoms with van der Waals surface area (Å²) in [6.45, 7) is 1.66. The van der Waals surface area contributed by atoms with Gasteiger partial charge in [0.25, 0.3) is 11.8 Å². The summed E-state index contributed by atoms with van der Waals surface area (Å²) in [5.74, 6) is -2.42. The summed E-state index contributed by atoms with van der Waals surface area (Å²) >= 11 is 31.4. The Hall–Kier alpha value is -2.52. The van der Waals surface area contributed by atoms with Crippen molar-refractivity contribution in [3.8, 4) is 0 Å². The van der Waals surface area contributed by atoms with E-state index in [2.05, 4.69) is 10.6 Å². The normalized spacial score (nSPS) is 18.0.